The fourth-order valence-electron chi connectivity index (χ4n) is 2.12. The summed E-state index contributed by atoms with van der Waals surface area (Å²) < 4.78 is 7.96. The van der Waals surface area contributed by atoms with E-state index in [9.17, 15) is 4.79 Å². The quantitative estimate of drug-likeness (QED) is 0.658. The Kier molecular flexibility index (Phi) is 4.07. The molecular weight excluding hydrogens is 352 g/mol. The Balaban J connectivity index is 1.96. The first-order valence-electron chi connectivity index (χ1n) is 6.55. The molecule has 3 aromatic rings. The predicted molar refractivity (Wildman–Crippen MR) is 86.5 cm³/mol. The zero-order valence-corrected chi connectivity index (χ0v) is 13.8. The van der Waals surface area contributed by atoms with Crippen LogP contribution in [0.15, 0.2) is 40.3 Å². The van der Waals surface area contributed by atoms with Crippen molar-refractivity contribution < 1.29 is 9.53 Å². The topological polar surface area (TPSA) is 43.6 Å². The van der Waals surface area contributed by atoms with Crippen LogP contribution in [0.2, 0.25) is 0 Å². The van der Waals surface area contributed by atoms with Crippen molar-refractivity contribution in [3.63, 3.8) is 0 Å². The lowest BCUT2D eigenvalue weighted by Crippen LogP contribution is -2.08. The largest absolute Gasteiger partial charge is 0.466 e. The summed E-state index contributed by atoms with van der Waals surface area (Å²) >= 11 is 5.06. The van der Waals surface area contributed by atoms with Crippen LogP contribution in [0.3, 0.4) is 0 Å². The fraction of sp³-hybridized carbons (Fsp3) is 0.200. The van der Waals surface area contributed by atoms with Gasteiger partial charge in [-0.15, -0.1) is 11.3 Å². The van der Waals surface area contributed by atoms with E-state index in [0.717, 1.165) is 26.4 Å². The molecule has 6 heteroatoms. The van der Waals surface area contributed by atoms with Crippen molar-refractivity contribution in [2.45, 2.75) is 13.3 Å². The van der Waals surface area contributed by atoms with Crippen LogP contribution >= 0.6 is 27.3 Å². The molecule has 0 bridgehead atoms. The summed E-state index contributed by atoms with van der Waals surface area (Å²) in [5.41, 5.74) is 2.83. The van der Waals surface area contributed by atoms with E-state index >= 15 is 0 Å². The number of carbonyl (C=O) groups is 1. The Morgan fingerprint density at radius 1 is 1.43 bits per heavy atom. The maximum absolute atomic E-state index is 11.6. The maximum atomic E-state index is 11.6. The number of fused-ring (bicyclic) bond motifs is 1. The third kappa shape index (κ3) is 2.87. The van der Waals surface area contributed by atoms with Crippen LogP contribution in [-0.2, 0) is 16.0 Å². The van der Waals surface area contributed by atoms with Crippen LogP contribution in [0.4, 0.5) is 0 Å². The van der Waals surface area contributed by atoms with E-state index in [0.29, 0.717) is 6.61 Å². The summed E-state index contributed by atoms with van der Waals surface area (Å²) in [7, 11) is 0. The second kappa shape index (κ2) is 5.99. The Hall–Kier alpha value is -1.66. The molecule has 0 radical (unpaired) electrons. The van der Waals surface area contributed by atoms with Gasteiger partial charge in [0.2, 0.25) is 0 Å². The molecule has 0 saturated carbocycles. The standard InChI is InChI=1S/C15H13BrN2O2S/c1-2-20-14(19)7-10-9-21-15-17-13(8-18(10)15)11-5-3-4-6-12(11)16/h3-6,8-9H,2,7H2,1H3. The number of benzene rings is 1. The molecule has 0 aliphatic heterocycles. The van der Waals surface area contributed by atoms with Gasteiger partial charge in [0.15, 0.2) is 4.96 Å². The van der Waals surface area contributed by atoms with Gasteiger partial charge in [-0.3, -0.25) is 9.20 Å². The molecule has 0 atom stereocenters. The molecule has 21 heavy (non-hydrogen) atoms. The summed E-state index contributed by atoms with van der Waals surface area (Å²) in [5, 5.41) is 1.95. The van der Waals surface area contributed by atoms with Gasteiger partial charge < -0.3 is 4.74 Å². The Labute approximate surface area is 134 Å². The van der Waals surface area contributed by atoms with E-state index in [1.54, 1.807) is 0 Å². The monoisotopic (exact) mass is 364 g/mol. The highest BCUT2D eigenvalue weighted by Gasteiger charge is 2.13. The van der Waals surface area contributed by atoms with Gasteiger partial charge in [-0.05, 0) is 13.0 Å². The molecule has 1 aromatic carbocycles. The van der Waals surface area contributed by atoms with E-state index in [1.807, 2.05) is 47.2 Å². The van der Waals surface area contributed by atoms with Gasteiger partial charge >= 0.3 is 5.97 Å². The number of aromatic nitrogens is 2. The molecule has 0 aliphatic rings. The number of thiazole rings is 1. The van der Waals surface area contributed by atoms with Gasteiger partial charge in [-0.1, -0.05) is 34.1 Å². The molecule has 0 saturated heterocycles. The van der Waals surface area contributed by atoms with Crippen molar-refractivity contribution in [3.05, 3.63) is 46.0 Å². The lowest BCUT2D eigenvalue weighted by atomic mass is 10.2. The third-order valence-corrected chi connectivity index (χ3v) is 4.64. The molecule has 108 valence electrons. The zero-order chi connectivity index (χ0) is 14.8. The summed E-state index contributed by atoms with van der Waals surface area (Å²) in [5.74, 6) is -0.214. The first kappa shape index (κ1) is 14.3. The highest BCUT2D eigenvalue weighted by molar-refractivity contribution is 9.10. The molecule has 2 heterocycles. The van der Waals surface area contributed by atoms with Crippen LogP contribution in [0.1, 0.15) is 12.6 Å². The Bertz CT molecular complexity index is 794. The molecule has 0 aliphatic carbocycles. The van der Waals surface area contributed by atoms with Crippen molar-refractivity contribution in [3.8, 4) is 11.3 Å². The molecule has 4 nitrogen and oxygen atoms in total. The van der Waals surface area contributed by atoms with Crippen molar-refractivity contribution in [1.82, 2.24) is 9.38 Å². The summed E-state index contributed by atoms with van der Waals surface area (Å²) in [6, 6.07) is 7.95. The van der Waals surface area contributed by atoms with Crippen LogP contribution < -0.4 is 0 Å². The highest BCUT2D eigenvalue weighted by atomic mass is 79.9. The minimum absolute atomic E-state index is 0.214. The summed E-state index contributed by atoms with van der Waals surface area (Å²) in [6.07, 6.45) is 2.22. The van der Waals surface area contributed by atoms with Gasteiger partial charge in [0.25, 0.3) is 0 Å². The molecule has 2 aromatic heterocycles. The van der Waals surface area contributed by atoms with Gasteiger partial charge in [-0.25, -0.2) is 4.98 Å². The number of imidazole rings is 1. The molecule has 0 N–H and O–H groups in total. The second-order valence-corrected chi connectivity index (χ2v) is 6.16. The van der Waals surface area contributed by atoms with Gasteiger partial charge in [0, 0.05) is 27.3 Å². The molecular formula is C15H13BrN2O2S. The first-order valence-corrected chi connectivity index (χ1v) is 8.22. The average Bonchev–Trinajstić information content (AvgIpc) is 3.02. The lowest BCUT2D eigenvalue weighted by Gasteiger charge is -2.01. The number of ether oxygens (including phenoxy) is 1. The van der Waals surface area contributed by atoms with Crippen LogP contribution in [0.25, 0.3) is 16.2 Å². The predicted octanol–water partition coefficient (Wildman–Crippen LogP) is 3.93. The minimum atomic E-state index is -0.214. The van der Waals surface area contributed by atoms with Crippen molar-refractivity contribution in [2.75, 3.05) is 6.61 Å². The van der Waals surface area contributed by atoms with Crippen molar-refractivity contribution in [1.29, 1.82) is 0 Å². The van der Waals surface area contributed by atoms with Gasteiger partial charge in [0.05, 0.1) is 18.7 Å². The van der Waals surface area contributed by atoms with Crippen molar-refractivity contribution >= 4 is 38.2 Å². The summed E-state index contributed by atoms with van der Waals surface area (Å²) in [6.45, 7) is 2.21. The molecule has 3 rings (SSSR count). The number of nitrogens with zero attached hydrogens (tertiary/aromatic N) is 2. The van der Waals surface area contributed by atoms with E-state index in [4.69, 9.17) is 4.74 Å². The normalized spacial score (nSPS) is 11.0. The Morgan fingerprint density at radius 2 is 2.24 bits per heavy atom. The molecule has 0 unspecified atom stereocenters. The number of rotatable bonds is 4. The Morgan fingerprint density at radius 3 is 3.00 bits per heavy atom. The minimum Gasteiger partial charge on any atom is -0.466 e. The van der Waals surface area contributed by atoms with E-state index < -0.39 is 0 Å². The maximum Gasteiger partial charge on any atom is 0.311 e. The number of halogens is 1. The van der Waals surface area contributed by atoms with E-state index in [-0.39, 0.29) is 12.4 Å². The number of hydrogen-bond donors (Lipinski definition) is 0. The van der Waals surface area contributed by atoms with Crippen LogP contribution in [0.5, 0.6) is 0 Å². The smallest absolute Gasteiger partial charge is 0.311 e. The third-order valence-electron chi connectivity index (χ3n) is 3.06. The highest BCUT2D eigenvalue weighted by Crippen LogP contribution is 2.29. The number of esters is 1. The van der Waals surface area contributed by atoms with Crippen LogP contribution in [0, 0.1) is 0 Å². The van der Waals surface area contributed by atoms with Gasteiger partial charge in [-0.2, -0.15) is 0 Å². The van der Waals surface area contributed by atoms with E-state index in [1.165, 1.54) is 11.3 Å². The number of hydrogen-bond acceptors (Lipinski definition) is 4. The second-order valence-electron chi connectivity index (χ2n) is 4.47. The fourth-order valence-corrected chi connectivity index (χ4v) is 3.48. The SMILES string of the molecule is CCOC(=O)Cc1csc2nc(-c3ccccc3Br)cn12. The number of carbonyl (C=O) groups excluding carboxylic acids is 1. The van der Waals surface area contributed by atoms with Gasteiger partial charge in [0.1, 0.15) is 0 Å². The molecule has 0 fully saturated rings. The molecule has 0 spiro atoms. The van der Waals surface area contributed by atoms with Crippen LogP contribution in [-0.4, -0.2) is 22.0 Å². The first-order chi connectivity index (χ1) is 10.2. The van der Waals surface area contributed by atoms with Crippen molar-refractivity contribution in [2.24, 2.45) is 0 Å². The zero-order valence-electron chi connectivity index (χ0n) is 11.4. The summed E-state index contributed by atoms with van der Waals surface area (Å²) in [4.78, 5) is 17.1. The average molecular weight is 365 g/mol. The molecule has 0 amide bonds. The lowest BCUT2D eigenvalue weighted by molar-refractivity contribution is -0.142. The van der Waals surface area contributed by atoms with E-state index in [2.05, 4.69) is 20.9 Å².